The minimum absolute atomic E-state index is 0.00815. The Bertz CT molecular complexity index is 1090. The van der Waals surface area contributed by atoms with E-state index in [1.54, 1.807) is 30.3 Å². The van der Waals surface area contributed by atoms with Crippen molar-refractivity contribution in [1.29, 1.82) is 0 Å². The third-order valence-electron chi connectivity index (χ3n) is 8.12. The first-order valence-corrected chi connectivity index (χ1v) is 12.5. The van der Waals surface area contributed by atoms with Crippen LogP contribution < -0.4 is 0 Å². The monoisotopic (exact) mass is 496 g/mol. The van der Waals surface area contributed by atoms with Crippen LogP contribution in [-0.2, 0) is 9.59 Å². The number of allylic oxidation sites excluding steroid dienone is 2. The van der Waals surface area contributed by atoms with E-state index in [4.69, 9.17) is 0 Å². The van der Waals surface area contributed by atoms with Crippen LogP contribution in [0.1, 0.15) is 93.4 Å². The van der Waals surface area contributed by atoms with Crippen LogP contribution in [0.15, 0.2) is 53.1 Å². The number of carbonyl (C=O) groups is 3. The normalized spacial score (nSPS) is 18.5. The van der Waals surface area contributed by atoms with Crippen molar-refractivity contribution in [3.63, 3.8) is 0 Å². The van der Waals surface area contributed by atoms with Gasteiger partial charge in [0.15, 0.2) is 5.78 Å². The third-order valence-corrected chi connectivity index (χ3v) is 8.12. The second-order valence-electron chi connectivity index (χ2n) is 14.2. The van der Waals surface area contributed by atoms with Crippen molar-refractivity contribution in [1.82, 2.24) is 0 Å². The summed E-state index contributed by atoms with van der Waals surface area (Å²) in [5.41, 5.74) is -5.09. The molecule has 0 saturated carbocycles. The number of carboxylic acids is 2. The van der Waals surface area contributed by atoms with Crippen molar-refractivity contribution in [2.75, 3.05) is 0 Å². The summed E-state index contributed by atoms with van der Waals surface area (Å²) in [7, 11) is 0. The summed E-state index contributed by atoms with van der Waals surface area (Å²) < 4.78 is 0. The zero-order valence-electron chi connectivity index (χ0n) is 24.1. The highest BCUT2D eigenvalue weighted by Crippen LogP contribution is 2.78. The maximum absolute atomic E-state index is 14.0. The van der Waals surface area contributed by atoms with Gasteiger partial charge in [0.05, 0.1) is 5.57 Å². The topological polar surface area (TPSA) is 91.7 Å². The average molecular weight is 497 g/mol. The summed E-state index contributed by atoms with van der Waals surface area (Å²) in [6, 6.07) is 8.48. The van der Waals surface area contributed by atoms with Crippen LogP contribution in [0.4, 0.5) is 0 Å². The van der Waals surface area contributed by atoms with Crippen molar-refractivity contribution in [3.05, 3.63) is 58.7 Å². The van der Waals surface area contributed by atoms with Gasteiger partial charge in [0.2, 0.25) is 0 Å². The fourth-order valence-corrected chi connectivity index (χ4v) is 8.40. The Morgan fingerprint density at radius 2 is 1.00 bits per heavy atom. The SMILES string of the molecule is CC(C)(C)C1(C(C)(C)C)C(C(=O)O)=CC(C(=O)c2ccccc2)=C(C(=O)O)C1(C(C)(C)C)C(C)(C)C. The molecule has 2 N–H and O–H groups in total. The van der Waals surface area contributed by atoms with E-state index in [2.05, 4.69) is 0 Å². The van der Waals surface area contributed by atoms with Gasteiger partial charge in [-0.2, -0.15) is 0 Å². The molecule has 0 unspecified atom stereocenters. The molecule has 1 aliphatic rings. The second-order valence-corrected chi connectivity index (χ2v) is 14.2. The molecule has 1 aromatic rings. The maximum Gasteiger partial charge on any atom is 0.332 e. The van der Waals surface area contributed by atoms with Gasteiger partial charge in [-0.05, 0) is 27.7 Å². The first kappa shape index (κ1) is 29.5. The molecule has 0 aliphatic heterocycles. The van der Waals surface area contributed by atoms with Crippen molar-refractivity contribution >= 4 is 17.7 Å². The van der Waals surface area contributed by atoms with Crippen molar-refractivity contribution in [3.8, 4) is 0 Å². The van der Waals surface area contributed by atoms with Crippen LogP contribution >= 0.6 is 0 Å². The van der Waals surface area contributed by atoms with E-state index >= 15 is 0 Å². The van der Waals surface area contributed by atoms with Gasteiger partial charge in [0, 0.05) is 27.5 Å². The maximum atomic E-state index is 14.0. The van der Waals surface area contributed by atoms with E-state index in [9.17, 15) is 24.6 Å². The molecule has 0 bridgehead atoms. The molecule has 198 valence electrons. The number of carboxylic acid groups (broad SMARTS) is 2. The summed E-state index contributed by atoms with van der Waals surface area (Å²) in [4.78, 5) is 40.7. The lowest BCUT2D eigenvalue weighted by Crippen LogP contribution is -2.71. The Balaban J connectivity index is 3.48. The highest BCUT2D eigenvalue weighted by atomic mass is 16.4. The van der Waals surface area contributed by atoms with Crippen molar-refractivity contribution in [2.45, 2.75) is 83.1 Å². The Morgan fingerprint density at radius 1 is 0.611 bits per heavy atom. The molecule has 0 saturated heterocycles. The summed E-state index contributed by atoms with van der Waals surface area (Å²) in [5.74, 6) is -2.82. The molecule has 1 aliphatic carbocycles. The Hall–Kier alpha value is -2.69. The number of benzene rings is 1. The minimum atomic E-state index is -1.28. The van der Waals surface area contributed by atoms with Crippen LogP contribution in [0.2, 0.25) is 0 Å². The highest BCUT2D eigenvalue weighted by Gasteiger charge is 2.76. The van der Waals surface area contributed by atoms with E-state index in [0.717, 1.165) is 0 Å². The van der Waals surface area contributed by atoms with E-state index in [1.165, 1.54) is 6.08 Å². The lowest BCUT2D eigenvalue weighted by molar-refractivity contribution is -0.206. The van der Waals surface area contributed by atoms with Crippen LogP contribution in [0.5, 0.6) is 0 Å². The van der Waals surface area contributed by atoms with Crippen LogP contribution in [0.25, 0.3) is 0 Å². The van der Waals surface area contributed by atoms with Gasteiger partial charge in [-0.3, -0.25) is 4.79 Å². The van der Waals surface area contributed by atoms with Gasteiger partial charge in [-0.1, -0.05) is 113 Å². The molecule has 5 heteroatoms. The van der Waals surface area contributed by atoms with Crippen molar-refractivity contribution in [2.24, 2.45) is 32.5 Å². The van der Waals surface area contributed by atoms with Crippen molar-refractivity contribution < 1.29 is 24.6 Å². The number of aliphatic carboxylic acids is 2. The van der Waals surface area contributed by atoms with Gasteiger partial charge in [0.1, 0.15) is 0 Å². The lowest BCUT2D eigenvalue weighted by Gasteiger charge is -2.73. The molecule has 0 atom stereocenters. The number of hydrogen-bond acceptors (Lipinski definition) is 3. The molecule has 5 nitrogen and oxygen atoms in total. The number of carbonyl (C=O) groups excluding carboxylic acids is 1. The smallest absolute Gasteiger partial charge is 0.332 e. The third kappa shape index (κ3) is 3.86. The Labute approximate surface area is 216 Å². The second kappa shape index (κ2) is 8.71. The summed E-state index contributed by atoms with van der Waals surface area (Å²) in [5, 5.41) is 21.8. The molecule has 0 amide bonds. The summed E-state index contributed by atoms with van der Waals surface area (Å²) in [6.45, 7) is 23.8. The highest BCUT2D eigenvalue weighted by molar-refractivity contribution is 6.16. The fourth-order valence-electron chi connectivity index (χ4n) is 8.40. The number of ketones is 1. The van der Waals surface area contributed by atoms with E-state index in [1.807, 2.05) is 83.1 Å². The number of Topliss-reactive ketones (excluding diaryl/α,β-unsaturated/α-hetero) is 1. The van der Waals surface area contributed by atoms with Crippen LogP contribution in [0.3, 0.4) is 0 Å². The van der Waals surface area contributed by atoms with Gasteiger partial charge < -0.3 is 10.2 Å². The summed E-state index contributed by atoms with van der Waals surface area (Å²) in [6.07, 6.45) is 1.37. The molecule has 0 fully saturated rings. The molecule has 0 heterocycles. The van der Waals surface area contributed by atoms with E-state index in [-0.39, 0.29) is 16.7 Å². The van der Waals surface area contributed by atoms with E-state index in [0.29, 0.717) is 5.56 Å². The molecule has 36 heavy (non-hydrogen) atoms. The quantitative estimate of drug-likeness (QED) is 0.423. The van der Waals surface area contributed by atoms with E-state index < -0.39 is 50.2 Å². The molecule has 0 spiro atoms. The minimum Gasteiger partial charge on any atom is -0.478 e. The first-order chi connectivity index (χ1) is 16.0. The van der Waals surface area contributed by atoms with Gasteiger partial charge in [-0.25, -0.2) is 9.59 Å². The molecule has 0 radical (unpaired) electrons. The molecular formula is C31H44O5. The lowest BCUT2D eigenvalue weighted by atomic mass is 9.28. The summed E-state index contributed by atoms with van der Waals surface area (Å²) >= 11 is 0. The largest absolute Gasteiger partial charge is 0.478 e. The number of hydrogen-bond donors (Lipinski definition) is 2. The Morgan fingerprint density at radius 3 is 1.31 bits per heavy atom. The van der Waals surface area contributed by atoms with Crippen LogP contribution in [-0.4, -0.2) is 27.9 Å². The van der Waals surface area contributed by atoms with Gasteiger partial charge in [0.25, 0.3) is 0 Å². The predicted octanol–water partition coefficient (Wildman–Crippen LogP) is 7.43. The van der Waals surface area contributed by atoms with Crippen LogP contribution in [0, 0.1) is 32.5 Å². The zero-order valence-corrected chi connectivity index (χ0v) is 24.1. The Kier molecular flexibility index (Phi) is 7.15. The standard InChI is InChI=1S/C31H44O5/c1-26(2,3)30(27(4,5)6)21(24(33)34)18-20(23(32)19-16-14-13-15-17-19)22(25(35)36)31(30,28(7,8)9)29(10,11)12/h13-18H,1-12H3,(H,33,34)(H,35,36). The first-order valence-electron chi connectivity index (χ1n) is 12.5. The zero-order chi connectivity index (χ0) is 28.3. The molecule has 0 aromatic heterocycles. The number of rotatable bonds is 4. The van der Waals surface area contributed by atoms with Gasteiger partial charge >= 0.3 is 11.9 Å². The predicted molar refractivity (Wildman–Crippen MR) is 144 cm³/mol. The molecule has 1 aromatic carbocycles. The van der Waals surface area contributed by atoms with Gasteiger partial charge in [-0.15, -0.1) is 0 Å². The molecular weight excluding hydrogens is 452 g/mol. The average Bonchev–Trinajstić information content (AvgIpc) is 2.68. The fraction of sp³-hybridized carbons (Fsp3) is 0.581. The molecule has 2 rings (SSSR count).